The lowest BCUT2D eigenvalue weighted by molar-refractivity contribution is 0.0678. The molecule has 0 bridgehead atoms. The molecule has 2 aromatic rings. The molecule has 2 amide bonds. The Kier molecular flexibility index (Phi) is 4.44. The van der Waals surface area contributed by atoms with Crippen LogP contribution in [0.5, 0.6) is 0 Å². The fourth-order valence-electron chi connectivity index (χ4n) is 3.71. The first kappa shape index (κ1) is 16.7. The molecule has 0 spiro atoms. The molecule has 2 aromatic heterocycles. The molecule has 0 radical (unpaired) electrons. The summed E-state index contributed by atoms with van der Waals surface area (Å²) in [6.07, 6.45) is 7.10. The minimum absolute atomic E-state index is 0.00643. The molecule has 2 fully saturated rings. The lowest BCUT2D eigenvalue weighted by atomic mass is 10.0. The molecule has 0 atom stereocenters. The number of piperidine rings is 1. The lowest BCUT2D eigenvalue weighted by Crippen LogP contribution is -2.39. The smallest absolute Gasteiger partial charge is 0.276 e. The molecule has 0 N–H and O–H groups in total. The third-order valence-corrected chi connectivity index (χ3v) is 5.29. The van der Waals surface area contributed by atoms with Gasteiger partial charge in [0.25, 0.3) is 11.8 Å². The lowest BCUT2D eigenvalue weighted by Gasteiger charge is -2.31. The van der Waals surface area contributed by atoms with Crippen LogP contribution < -0.4 is 0 Å². The van der Waals surface area contributed by atoms with E-state index in [4.69, 9.17) is 0 Å². The molecule has 0 aliphatic carbocycles. The quantitative estimate of drug-likeness (QED) is 0.808. The van der Waals surface area contributed by atoms with Crippen molar-refractivity contribution in [2.75, 3.05) is 26.2 Å². The van der Waals surface area contributed by atoms with Crippen molar-refractivity contribution < 1.29 is 9.59 Å². The van der Waals surface area contributed by atoms with E-state index in [0.717, 1.165) is 38.8 Å². The van der Waals surface area contributed by atoms with E-state index in [0.29, 0.717) is 24.5 Å². The number of hydrogen-bond donors (Lipinski definition) is 0. The SMILES string of the molecule is Cn1nccc1C(=O)N1CCC(n2cc(C(=O)N3CCCC3)nn2)CC1. The highest BCUT2D eigenvalue weighted by Crippen LogP contribution is 2.23. The Bertz CT molecular complexity index is 798. The highest BCUT2D eigenvalue weighted by molar-refractivity contribution is 5.92. The van der Waals surface area contributed by atoms with Crippen LogP contribution in [0.4, 0.5) is 0 Å². The normalized spacial score (nSPS) is 18.5. The molecule has 9 heteroatoms. The number of carbonyl (C=O) groups is 2. The van der Waals surface area contributed by atoms with Gasteiger partial charge in [0, 0.05) is 39.4 Å². The molecule has 4 rings (SSSR count). The van der Waals surface area contributed by atoms with Gasteiger partial charge < -0.3 is 9.80 Å². The van der Waals surface area contributed by atoms with Crippen LogP contribution in [-0.4, -0.2) is 72.6 Å². The molecule has 2 aliphatic heterocycles. The van der Waals surface area contributed by atoms with E-state index < -0.39 is 0 Å². The number of amides is 2. The number of likely N-dealkylation sites (tertiary alicyclic amines) is 2. The summed E-state index contributed by atoms with van der Waals surface area (Å²) in [6.45, 7) is 2.92. The number of rotatable bonds is 3. The minimum atomic E-state index is -0.0300. The first-order valence-electron chi connectivity index (χ1n) is 9.12. The predicted molar refractivity (Wildman–Crippen MR) is 92.5 cm³/mol. The van der Waals surface area contributed by atoms with Gasteiger partial charge in [0.1, 0.15) is 5.69 Å². The van der Waals surface area contributed by atoms with Crippen LogP contribution in [0.1, 0.15) is 52.7 Å². The number of nitrogens with zero attached hydrogens (tertiary/aromatic N) is 7. The van der Waals surface area contributed by atoms with E-state index >= 15 is 0 Å². The Hall–Kier alpha value is -2.71. The summed E-state index contributed by atoms with van der Waals surface area (Å²) in [5.41, 5.74) is 1.02. The molecule has 2 saturated heterocycles. The van der Waals surface area contributed by atoms with Crippen LogP contribution in [0, 0.1) is 0 Å². The standard InChI is InChI=1S/C17H23N7O2/c1-21-15(4-7-18-21)17(26)23-10-5-13(6-11-23)24-12-14(19-20-24)16(25)22-8-2-3-9-22/h4,7,12-13H,2-3,5-6,8-11H2,1H3. The molecular weight excluding hydrogens is 334 g/mol. The van der Waals surface area contributed by atoms with Gasteiger partial charge in [-0.15, -0.1) is 5.10 Å². The van der Waals surface area contributed by atoms with Gasteiger partial charge in [0.15, 0.2) is 5.69 Å². The van der Waals surface area contributed by atoms with Gasteiger partial charge in [-0.1, -0.05) is 5.21 Å². The second-order valence-corrected chi connectivity index (χ2v) is 6.95. The fourth-order valence-corrected chi connectivity index (χ4v) is 3.71. The summed E-state index contributed by atoms with van der Waals surface area (Å²) in [5.74, 6) is -0.0236. The fraction of sp³-hybridized carbons (Fsp3) is 0.588. The van der Waals surface area contributed by atoms with Crippen LogP contribution in [0.3, 0.4) is 0 Å². The maximum atomic E-state index is 12.5. The van der Waals surface area contributed by atoms with Gasteiger partial charge in [-0.2, -0.15) is 5.10 Å². The second-order valence-electron chi connectivity index (χ2n) is 6.95. The molecule has 0 unspecified atom stereocenters. The average molecular weight is 357 g/mol. The van der Waals surface area contributed by atoms with Crippen molar-refractivity contribution in [3.05, 3.63) is 29.8 Å². The van der Waals surface area contributed by atoms with E-state index in [1.807, 2.05) is 9.80 Å². The van der Waals surface area contributed by atoms with Crippen LogP contribution in [0.25, 0.3) is 0 Å². The van der Waals surface area contributed by atoms with Crippen molar-refractivity contribution in [3.63, 3.8) is 0 Å². The predicted octanol–water partition coefficient (Wildman–Crippen LogP) is 0.725. The van der Waals surface area contributed by atoms with Crippen LogP contribution in [0.15, 0.2) is 18.5 Å². The van der Waals surface area contributed by atoms with Crippen molar-refractivity contribution in [1.82, 2.24) is 34.6 Å². The van der Waals surface area contributed by atoms with Crippen LogP contribution in [0.2, 0.25) is 0 Å². The van der Waals surface area contributed by atoms with Crippen LogP contribution >= 0.6 is 0 Å². The second kappa shape index (κ2) is 6.89. The molecule has 26 heavy (non-hydrogen) atoms. The Morgan fingerprint density at radius 3 is 2.38 bits per heavy atom. The summed E-state index contributed by atoms with van der Waals surface area (Å²) in [6, 6.07) is 1.90. The van der Waals surface area contributed by atoms with Crippen molar-refractivity contribution in [2.24, 2.45) is 7.05 Å². The molecular formula is C17H23N7O2. The maximum Gasteiger partial charge on any atom is 0.276 e. The average Bonchev–Trinajstić information content (AvgIpc) is 3.42. The summed E-state index contributed by atoms with van der Waals surface area (Å²) in [4.78, 5) is 28.6. The zero-order valence-corrected chi connectivity index (χ0v) is 14.9. The number of carbonyl (C=O) groups excluding carboxylic acids is 2. The van der Waals surface area contributed by atoms with E-state index in [9.17, 15) is 9.59 Å². The van der Waals surface area contributed by atoms with Crippen molar-refractivity contribution in [2.45, 2.75) is 31.7 Å². The van der Waals surface area contributed by atoms with Gasteiger partial charge in [-0.3, -0.25) is 14.3 Å². The van der Waals surface area contributed by atoms with Gasteiger partial charge in [-0.05, 0) is 31.7 Å². The Morgan fingerprint density at radius 1 is 1.04 bits per heavy atom. The summed E-state index contributed by atoms with van der Waals surface area (Å²) in [7, 11) is 1.77. The molecule has 2 aliphatic rings. The highest BCUT2D eigenvalue weighted by atomic mass is 16.2. The third kappa shape index (κ3) is 3.09. The summed E-state index contributed by atoms with van der Waals surface area (Å²) in [5, 5.41) is 12.3. The first-order valence-corrected chi connectivity index (χ1v) is 9.12. The van der Waals surface area contributed by atoms with Gasteiger partial charge >= 0.3 is 0 Å². The molecule has 138 valence electrons. The molecule has 4 heterocycles. The monoisotopic (exact) mass is 357 g/mol. The minimum Gasteiger partial charge on any atom is -0.337 e. The van der Waals surface area contributed by atoms with Crippen molar-refractivity contribution in [3.8, 4) is 0 Å². The van der Waals surface area contributed by atoms with Crippen molar-refractivity contribution in [1.29, 1.82) is 0 Å². The zero-order chi connectivity index (χ0) is 18.1. The number of hydrogen-bond acceptors (Lipinski definition) is 5. The largest absolute Gasteiger partial charge is 0.337 e. The van der Waals surface area contributed by atoms with Gasteiger partial charge in [-0.25, -0.2) is 4.68 Å². The molecule has 0 aromatic carbocycles. The Morgan fingerprint density at radius 2 is 1.73 bits per heavy atom. The third-order valence-electron chi connectivity index (χ3n) is 5.29. The summed E-state index contributed by atoms with van der Waals surface area (Å²) < 4.78 is 3.39. The van der Waals surface area contributed by atoms with E-state index in [1.165, 1.54) is 0 Å². The summed E-state index contributed by atoms with van der Waals surface area (Å²) >= 11 is 0. The highest BCUT2D eigenvalue weighted by Gasteiger charge is 2.28. The molecule has 0 saturated carbocycles. The first-order chi connectivity index (χ1) is 12.6. The van der Waals surface area contributed by atoms with Gasteiger partial charge in [0.2, 0.25) is 0 Å². The van der Waals surface area contributed by atoms with E-state index in [-0.39, 0.29) is 17.9 Å². The number of aromatic nitrogens is 5. The number of aryl methyl sites for hydroxylation is 1. The van der Waals surface area contributed by atoms with Gasteiger partial charge in [0.05, 0.1) is 12.2 Å². The molecule has 9 nitrogen and oxygen atoms in total. The maximum absolute atomic E-state index is 12.5. The zero-order valence-electron chi connectivity index (χ0n) is 14.9. The van der Waals surface area contributed by atoms with Crippen LogP contribution in [-0.2, 0) is 7.05 Å². The Labute approximate surface area is 151 Å². The topological polar surface area (TPSA) is 89.2 Å². The van der Waals surface area contributed by atoms with E-state index in [2.05, 4.69) is 15.4 Å². The Balaban J connectivity index is 1.37. The van der Waals surface area contributed by atoms with E-state index in [1.54, 1.807) is 34.9 Å². The van der Waals surface area contributed by atoms with Crippen molar-refractivity contribution >= 4 is 11.8 Å².